The molecule has 0 spiro atoms. The molecule has 7 heteroatoms. The van der Waals surface area contributed by atoms with Gasteiger partial charge in [-0.25, -0.2) is 9.36 Å². The number of nitrogens with one attached hydrogen (secondary N) is 1. The van der Waals surface area contributed by atoms with E-state index in [-0.39, 0.29) is 6.61 Å². The van der Waals surface area contributed by atoms with Crippen molar-refractivity contribution in [3.8, 4) is 0 Å². The fourth-order valence-corrected chi connectivity index (χ4v) is 0.956. The largest absolute Gasteiger partial charge is 0.460 e. The van der Waals surface area contributed by atoms with Gasteiger partial charge in [-0.2, -0.15) is 4.39 Å². The van der Waals surface area contributed by atoms with Crippen molar-refractivity contribution in [2.75, 3.05) is 6.61 Å². The van der Waals surface area contributed by atoms with Crippen molar-refractivity contribution in [3.63, 3.8) is 0 Å². The van der Waals surface area contributed by atoms with Gasteiger partial charge in [0, 0.05) is 6.20 Å². The van der Waals surface area contributed by atoms with Gasteiger partial charge >= 0.3 is 11.7 Å². The Balaban J connectivity index is 2.93. The standard InChI is InChI=1S/C9H9FN2O4/c1-2-3-16-7(13)5-12-8(14)6(10)4-11-9(12)15/h2,4H,1,3,5H2,(H,11,15). The summed E-state index contributed by atoms with van der Waals surface area (Å²) in [6.07, 6.45) is 1.97. The topological polar surface area (TPSA) is 81.2 Å². The van der Waals surface area contributed by atoms with E-state index in [0.29, 0.717) is 10.8 Å². The minimum absolute atomic E-state index is 0.0409. The fourth-order valence-electron chi connectivity index (χ4n) is 0.956. The number of halogens is 1. The van der Waals surface area contributed by atoms with Crippen molar-refractivity contribution in [2.24, 2.45) is 0 Å². The molecular formula is C9H9FN2O4. The van der Waals surface area contributed by atoms with Gasteiger partial charge in [0.15, 0.2) is 0 Å². The Morgan fingerprint density at radius 2 is 2.31 bits per heavy atom. The van der Waals surface area contributed by atoms with Crippen molar-refractivity contribution in [2.45, 2.75) is 6.54 Å². The molecule has 0 fully saturated rings. The first-order valence-electron chi connectivity index (χ1n) is 4.30. The van der Waals surface area contributed by atoms with E-state index < -0.39 is 29.6 Å². The third-order valence-electron chi connectivity index (χ3n) is 1.67. The van der Waals surface area contributed by atoms with Crippen LogP contribution in [0, 0.1) is 5.82 Å². The first kappa shape index (κ1) is 11.9. The second-order valence-corrected chi connectivity index (χ2v) is 2.80. The highest BCUT2D eigenvalue weighted by Gasteiger charge is 2.11. The molecule has 0 atom stereocenters. The molecule has 0 aliphatic heterocycles. The number of aromatic nitrogens is 2. The lowest BCUT2D eigenvalue weighted by molar-refractivity contribution is -0.143. The molecule has 86 valence electrons. The second-order valence-electron chi connectivity index (χ2n) is 2.80. The van der Waals surface area contributed by atoms with Gasteiger partial charge in [-0.15, -0.1) is 0 Å². The number of hydrogen-bond acceptors (Lipinski definition) is 4. The molecule has 1 heterocycles. The molecule has 0 amide bonds. The summed E-state index contributed by atoms with van der Waals surface area (Å²) in [5.74, 6) is -1.96. The van der Waals surface area contributed by atoms with E-state index in [4.69, 9.17) is 0 Å². The van der Waals surface area contributed by atoms with Gasteiger partial charge in [-0.1, -0.05) is 12.7 Å². The van der Waals surface area contributed by atoms with Gasteiger partial charge < -0.3 is 9.72 Å². The summed E-state index contributed by atoms with van der Waals surface area (Å²) in [7, 11) is 0. The van der Waals surface area contributed by atoms with E-state index >= 15 is 0 Å². The van der Waals surface area contributed by atoms with Crippen LogP contribution in [-0.2, 0) is 16.1 Å². The molecule has 0 radical (unpaired) electrons. The number of hydrogen-bond donors (Lipinski definition) is 1. The maximum Gasteiger partial charge on any atom is 0.329 e. The molecule has 0 saturated heterocycles. The lowest BCUT2D eigenvalue weighted by Crippen LogP contribution is -2.38. The van der Waals surface area contributed by atoms with E-state index in [1.165, 1.54) is 6.08 Å². The molecule has 1 N–H and O–H groups in total. The second kappa shape index (κ2) is 5.06. The number of ether oxygens (including phenoxy) is 1. The molecule has 0 aliphatic carbocycles. The Labute approximate surface area is 89.0 Å². The van der Waals surface area contributed by atoms with Crippen molar-refractivity contribution in [1.29, 1.82) is 0 Å². The monoisotopic (exact) mass is 228 g/mol. The lowest BCUT2D eigenvalue weighted by atomic mass is 10.5. The van der Waals surface area contributed by atoms with Gasteiger partial charge in [-0.05, 0) is 0 Å². The van der Waals surface area contributed by atoms with Crippen LogP contribution in [0.15, 0.2) is 28.4 Å². The van der Waals surface area contributed by atoms with Crippen molar-refractivity contribution < 1.29 is 13.9 Å². The maximum atomic E-state index is 12.8. The normalized spacial score (nSPS) is 9.81. The Hall–Kier alpha value is -2.18. The van der Waals surface area contributed by atoms with Gasteiger partial charge in [0.05, 0.1) is 0 Å². The first-order valence-corrected chi connectivity index (χ1v) is 4.30. The Kier molecular flexibility index (Phi) is 3.76. The first-order chi connectivity index (χ1) is 7.56. The summed E-state index contributed by atoms with van der Waals surface area (Å²) in [5, 5.41) is 0. The minimum atomic E-state index is -1.17. The quantitative estimate of drug-likeness (QED) is 0.551. The smallest absolute Gasteiger partial charge is 0.329 e. The van der Waals surface area contributed by atoms with Crippen LogP contribution in [0.3, 0.4) is 0 Å². The van der Waals surface area contributed by atoms with Crippen molar-refractivity contribution >= 4 is 5.97 Å². The zero-order valence-corrected chi connectivity index (χ0v) is 8.23. The maximum absolute atomic E-state index is 12.8. The average Bonchev–Trinajstić information content (AvgIpc) is 2.27. The van der Waals surface area contributed by atoms with E-state index in [9.17, 15) is 18.8 Å². The Morgan fingerprint density at radius 1 is 1.62 bits per heavy atom. The van der Waals surface area contributed by atoms with Crippen molar-refractivity contribution in [1.82, 2.24) is 9.55 Å². The van der Waals surface area contributed by atoms with E-state index in [1.54, 1.807) is 0 Å². The summed E-state index contributed by atoms with van der Waals surface area (Å²) >= 11 is 0. The molecule has 0 saturated carbocycles. The van der Waals surface area contributed by atoms with E-state index in [0.717, 1.165) is 0 Å². The number of esters is 1. The average molecular weight is 228 g/mol. The van der Waals surface area contributed by atoms with E-state index in [1.807, 2.05) is 4.98 Å². The zero-order chi connectivity index (χ0) is 12.1. The highest BCUT2D eigenvalue weighted by atomic mass is 19.1. The number of rotatable bonds is 4. The highest BCUT2D eigenvalue weighted by Crippen LogP contribution is 1.84. The zero-order valence-electron chi connectivity index (χ0n) is 8.23. The predicted molar refractivity (Wildman–Crippen MR) is 52.4 cm³/mol. The molecule has 0 aromatic carbocycles. The Bertz CT molecular complexity index is 517. The van der Waals surface area contributed by atoms with Crippen molar-refractivity contribution in [3.05, 3.63) is 45.5 Å². The minimum Gasteiger partial charge on any atom is -0.460 e. The molecule has 1 rings (SSSR count). The summed E-state index contributed by atoms with van der Waals surface area (Å²) in [6, 6.07) is 0. The van der Waals surface area contributed by atoms with Crippen LogP contribution >= 0.6 is 0 Å². The SMILES string of the molecule is C=CCOC(=O)Cn1c(=O)[nH]cc(F)c1=O. The number of carbonyl (C=O) groups is 1. The summed E-state index contributed by atoms with van der Waals surface area (Å²) in [5.41, 5.74) is -2.04. The number of H-pyrrole nitrogens is 1. The number of aromatic amines is 1. The van der Waals surface area contributed by atoms with Crippen LogP contribution in [-0.4, -0.2) is 22.1 Å². The van der Waals surface area contributed by atoms with Crippen LogP contribution < -0.4 is 11.2 Å². The van der Waals surface area contributed by atoms with Gasteiger partial charge in [0.2, 0.25) is 5.82 Å². The highest BCUT2D eigenvalue weighted by molar-refractivity contribution is 5.69. The molecule has 6 nitrogen and oxygen atoms in total. The Morgan fingerprint density at radius 3 is 2.94 bits per heavy atom. The molecule has 0 unspecified atom stereocenters. The van der Waals surface area contributed by atoms with Crippen LogP contribution in [0.2, 0.25) is 0 Å². The molecule has 16 heavy (non-hydrogen) atoms. The van der Waals surface area contributed by atoms with Crippen LogP contribution in [0.5, 0.6) is 0 Å². The predicted octanol–water partition coefficient (Wildman–Crippen LogP) is -0.595. The fraction of sp³-hybridized carbons (Fsp3) is 0.222. The van der Waals surface area contributed by atoms with Gasteiger partial charge in [0.25, 0.3) is 5.56 Å². The molecule has 1 aromatic heterocycles. The van der Waals surface area contributed by atoms with Crippen LogP contribution in [0.1, 0.15) is 0 Å². The number of carbonyl (C=O) groups excluding carboxylic acids is 1. The summed E-state index contributed by atoms with van der Waals surface area (Å²) in [4.78, 5) is 35.3. The van der Waals surface area contributed by atoms with E-state index in [2.05, 4.69) is 11.3 Å². The van der Waals surface area contributed by atoms with Crippen LogP contribution in [0.25, 0.3) is 0 Å². The molecule has 1 aromatic rings. The third kappa shape index (κ3) is 2.66. The molecular weight excluding hydrogens is 219 g/mol. The lowest BCUT2D eigenvalue weighted by Gasteiger charge is -2.03. The van der Waals surface area contributed by atoms with Gasteiger partial charge in [-0.3, -0.25) is 9.59 Å². The third-order valence-corrected chi connectivity index (χ3v) is 1.67. The summed E-state index contributed by atoms with van der Waals surface area (Å²) < 4.78 is 17.8. The molecule has 0 bridgehead atoms. The summed E-state index contributed by atoms with van der Waals surface area (Å²) in [6.45, 7) is 2.64. The molecule has 0 aliphatic rings. The number of nitrogens with zero attached hydrogens (tertiary/aromatic N) is 1. The van der Waals surface area contributed by atoms with Gasteiger partial charge in [0.1, 0.15) is 13.2 Å². The van der Waals surface area contributed by atoms with Crippen LogP contribution in [0.4, 0.5) is 4.39 Å².